The van der Waals surface area contributed by atoms with Crippen LogP contribution in [0.3, 0.4) is 0 Å². The maximum absolute atomic E-state index is 7.32. The van der Waals surface area contributed by atoms with Crippen molar-refractivity contribution in [3.63, 3.8) is 0 Å². The van der Waals surface area contributed by atoms with Gasteiger partial charge in [-0.15, -0.1) is 0 Å². The van der Waals surface area contributed by atoms with E-state index >= 15 is 0 Å². The Morgan fingerprint density at radius 2 is 1.03 bits per heavy atom. The van der Waals surface area contributed by atoms with Gasteiger partial charge in [-0.25, -0.2) is 0 Å². The van der Waals surface area contributed by atoms with Crippen LogP contribution in [0.15, 0.2) is 180 Å². The van der Waals surface area contributed by atoms with E-state index in [2.05, 4.69) is 227 Å². The number of hydrogen-bond acceptors (Lipinski definition) is 3. The molecule has 2 saturated carbocycles. The Bertz CT molecular complexity index is 3550. The van der Waals surface area contributed by atoms with Gasteiger partial charge in [0.25, 0.3) is 0 Å². The van der Waals surface area contributed by atoms with Gasteiger partial charge in [-0.05, 0) is 150 Å². The fourth-order valence-corrected chi connectivity index (χ4v) is 15.5. The normalized spacial score (nSPS) is 24.7. The second-order valence-electron chi connectivity index (χ2n) is 22.8. The summed E-state index contributed by atoms with van der Waals surface area (Å²) >= 11 is 0. The largest absolute Gasteiger partial charge is 0.455 e. The van der Waals surface area contributed by atoms with E-state index in [0.29, 0.717) is 5.92 Å². The Kier molecular flexibility index (Phi) is 8.78. The fourth-order valence-electron chi connectivity index (χ4n) is 15.5. The SMILES string of the molecule is CC(C)c1ccc2c(c1)oc1c(-c3ccc(N4c5ccccc5C5(C)CCCC45C)cc3)cc3c(c12)-c1ccc(N2c4ccccc4C4(C)CCCCC24C)cc1C3(c1ccccc1)c1ccccc1. The average molecular weight is 911 g/mol. The molecule has 14 rings (SSSR count). The molecule has 0 saturated heterocycles. The summed E-state index contributed by atoms with van der Waals surface area (Å²) in [5.74, 6) is 0.376. The molecule has 9 aromatic rings. The summed E-state index contributed by atoms with van der Waals surface area (Å²) in [4.78, 5) is 5.42. The van der Waals surface area contributed by atoms with E-state index in [1.54, 1.807) is 0 Å². The molecule has 3 aliphatic carbocycles. The number of nitrogens with zero attached hydrogens (tertiary/aromatic N) is 2. The molecule has 70 heavy (non-hydrogen) atoms. The molecular formula is C67H62N2O. The first-order valence-electron chi connectivity index (χ1n) is 26.2. The van der Waals surface area contributed by atoms with Crippen LogP contribution in [0.4, 0.5) is 22.7 Å². The minimum atomic E-state index is -0.635. The van der Waals surface area contributed by atoms with Crippen LogP contribution in [0, 0.1) is 0 Å². The molecule has 5 aliphatic rings. The van der Waals surface area contributed by atoms with Crippen molar-refractivity contribution < 1.29 is 4.42 Å². The standard InChI is InChI=1S/C67H62N2O/c1-43(2)45-30-34-51-59(40-45)70-62-52(44-28-31-48(32-29-44)68-57-26-15-13-24-53(57)64(4)37-19-39-66(64,68)6)42-56-60(61(51)62)50-35-33-49(69-58-27-16-14-25-54(58)63(3)36-17-18-38-65(63,69)5)41-55(50)67(56,46-20-9-7-10-21-46)47-22-11-8-12-23-47/h7-16,20-35,40-43H,17-19,36-39H2,1-6H3. The van der Waals surface area contributed by atoms with Crippen molar-refractivity contribution in [3.05, 3.63) is 215 Å². The molecule has 346 valence electrons. The summed E-state index contributed by atoms with van der Waals surface area (Å²) in [7, 11) is 0. The summed E-state index contributed by atoms with van der Waals surface area (Å²) < 4.78 is 7.32. The predicted octanol–water partition coefficient (Wildman–Crippen LogP) is 17.8. The van der Waals surface area contributed by atoms with E-state index in [4.69, 9.17) is 4.42 Å². The molecule has 1 aromatic heterocycles. The predicted molar refractivity (Wildman–Crippen MR) is 292 cm³/mol. The van der Waals surface area contributed by atoms with Crippen LogP contribution in [-0.2, 0) is 16.2 Å². The van der Waals surface area contributed by atoms with Gasteiger partial charge >= 0.3 is 0 Å². The summed E-state index contributed by atoms with van der Waals surface area (Å²) in [5, 5.41) is 2.37. The Morgan fingerprint density at radius 1 is 0.471 bits per heavy atom. The third-order valence-corrected chi connectivity index (χ3v) is 19.4. The quantitative estimate of drug-likeness (QED) is 0.166. The van der Waals surface area contributed by atoms with Crippen molar-refractivity contribution in [2.24, 2.45) is 0 Å². The lowest BCUT2D eigenvalue weighted by atomic mass is 9.61. The van der Waals surface area contributed by atoms with Crippen molar-refractivity contribution in [2.45, 2.75) is 120 Å². The van der Waals surface area contributed by atoms with Crippen molar-refractivity contribution in [3.8, 4) is 22.3 Å². The van der Waals surface area contributed by atoms with Crippen LogP contribution in [0.5, 0.6) is 0 Å². The molecule has 0 amide bonds. The summed E-state index contributed by atoms with van der Waals surface area (Å²) in [6, 6.07) is 67.8. The van der Waals surface area contributed by atoms with E-state index in [1.807, 2.05) is 0 Å². The molecule has 4 unspecified atom stereocenters. The molecule has 2 aliphatic heterocycles. The zero-order valence-corrected chi connectivity index (χ0v) is 41.6. The molecule has 3 nitrogen and oxygen atoms in total. The van der Waals surface area contributed by atoms with Gasteiger partial charge in [0.05, 0.1) is 16.5 Å². The van der Waals surface area contributed by atoms with E-state index in [-0.39, 0.29) is 21.9 Å². The fraction of sp³-hybridized carbons (Fsp3) is 0.284. The minimum Gasteiger partial charge on any atom is -0.455 e. The van der Waals surface area contributed by atoms with Crippen molar-refractivity contribution in [1.29, 1.82) is 0 Å². The highest BCUT2D eigenvalue weighted by Crippen LogP contribution is 2.65. The number of anilines is 4. The summed E-state index contributed by atoms with van der Waals surface area (Å²) in [5.41, 5.74) is 20.9. The molecule has 2 fully saturated rings. The number of para-hydroxylation sites is 2. The van der Waals surface area contributed by atoms with Gasteiger partial charge in [-0.3, -0.25) is 0 Å². The third-order valence-electron chi connectivity index (χ3n) is 19.4. The highest BCUT2D eigenvalue weighted by atomic mass is 16.3. The maximum atomic E-state index is 7.32. The van der Waals surface area contributed by atoms with Gasteiger partial charge in [0.15, 0.2) is 0 Å². The Balaban J connectivity index is 1.05. The molecule has 3 heterocycles. The maximum Gasteiger partial charge on any atom is 0.143 e. The van der Waals surface area contributed by atoms with Crippen molar-refractivity contribution >= 4 is 44.7 Å². The minimum absolute atomic E-state index is 0.00563. The van der Waals surface area contributed by atoms with Crippen LogP contribution in [-0.4, -0.2) is 11.1 Å². The van der Waals surface area contributed by atoms with Crippen molar-refractivity contribution in [1.82, 2.24) is 0 Å². The van der Waals surface area contributed by atoms with Gasteiger partial charge < -0.3 is 14.2 Å². The lowest BCUT2D eigenvalue weighted by Gasteiger charge is -2.50. The second kappa shape index (κ2) is 14.6. The van der Waals surface area contributed by atoms with E-state index in [1.165, 1.54) is 122 Å². The Labute approximate surface area is 413 Å². The zero-order chi connectivity index (χ0) is 47.4. The molecule has 0 bridgehead atoms. The number of rotatable bonds is 6. The molecular weight excluding hydrogens is 849 g/mol. The van der Waals surface area contributed by atoms with Gasteiger partial charge in [0.1, 0.15) is 11.2 Å². The number of benzene rings is 8. The van der Waals surface area contributed by atoms with E-state index in [9.17, 15) is 0 Å². The third kappa shape index (κ3) is 5.21. The van der Waals surface area contributed by atoms with Gasteiger partial charge in [0.2, 0.25) is 0 Å². The van der Waals surface area contributed by atoms with Crippen LogP contribution in [0.1, 0.15) is 131 Å². The average Bonchev–Trinajstić information content (AvgIpc) is 4.11. The van der Waals surface area contributed by atoms with Crippen LogP contribution >= 0.6 is 0 Å². The molecule has 8 aromatic carbocycles. The van der Waals surface area contributed by atoms with E-state index in [0.717, 1.165) is 28.7 Å². The van der Waals surface area contributed by atoms with Gasteiger partial charge in [-0.2, -0.15) is 0 Å². The first-order chi connectivity index (χ1) is 34.0. The van der Waals surface area contributed by atoms with Crippen LogP contribution < -0.4 is 9.80 Å². The molecule has 4 atom stereocenters. The first kappa shape index (κ1) is 42.1. The molecule has 3 heteroatoms. The highest BCUT2D eigenvalue weighted by molar-refractivity contribution is 6.19. The Hall–Kier alpha value is -6.84. The molecule has 0 spiro atoms. The zero-order valence-electron chi connectivity index (χ0n) is 41.6. The first-order valence-corrected chi connectivity index (χ1v) is 26.2. The molecule has 0 radical (unpaired) electrons. The number of hydrogen-bond donors (Lipinski definition) is 0. The number of fused-ring (bicyclic) bond motifs is 13. The highest BCUT2D eigenvalue weighted by Gasteiger charge is 2.60. The van der Waals surface area contributed by atoms with E-state index < -0.39 is 5.41 Å². The smallest absolute Gasteiger partial charge is 0.143 e. The lowest BCUT2D eigenvalue weighted by molar-refractivity contribution is 0.195. The van der Waals surface area contributed by atoms with Gasteiger partial charge in [0, 0.05) is 49.9 Å². The second-order valence-corrected chi connectivity index (χ2v) is 22.8. The van der Waals surface area contributed by atoms with Crippen LogP contribution in [0.25, 0.3) is 44.2 Å². The topological polar surface area (TPSA) is 19.6 Å². The summed E-state index contributed by atoms with van der Waals surface area (Å²) in [6.07, 6.45) is 8.49. The monoisotopic (exact) mass is 910 g/mol. The Morgan fingerprint density at radius 3 is 1.67 bits per heavy atom. The van der Waals surface area contributed by atoms with Gasteiger partial charge in [-0.1, -0.05) is 174 Å². The van der Waals surface area contributed by atoms with Crippen LogP contribution in [0.2, 0.25) is 0 Å². The molecule has 0 N–H and O–H groups in total. The number of furan rings is 1. The lowest BCUT2D eigenvalue weighted by Crippen LogP contribution is -2.54. The van der Waals surface area contributed by atoms with Crippen molar-refractivity contribution in [2.75, 3.05) is 9.80 Å². The summed E-state index contributed by atoms with van der Waals surface area (Å²) in [6.45, 7) is 14.7.